The molecule has 5 heteroatoms. The van der Waals surface area contributed by atoms with Gasteiger partial charge in [0.25, 0.3) is 0 Å². The Labute approximate surface area is 110 Å². The molecule has 0 saturated heterocycles. The van der Waals surface area contributed by atoms with Crippen LogP contribution in [0.25, 0.3) is 11.4 Å². The first-order valence-electron chi connectivity index (χ1n) is 5.39. The van der Waals surface area contributed by atoms with Crippen molar-refractivity contribution >= 4 is 23.2 Å². The number of benzene rings is 1. The van der Waals surface area contributed by atoms with Crippen molar-refractivity contribution in [1.29, 1.82) is 0 Å². The van der Waals surface area contributed by atoms with E-state index in [0.29, 0.717) is 16.6 Å². The third-order valence-electron chi connectivity index (χ3n) is 2.51. The lowest BCUT2D eigenvalue weighted by atomic mass is 10.2. The molecular weight excluding hydrogens is 257 g/mol. The molecule has 2 rings (SSSR count). The van der Waals surface area contributed by atoms with Crippen LogP contribution in [0.4, 0.5) is 0 Å². The van der Waals surface area contributed by atoms with Gasteiger partial charge in [-0.2, -0.15) is 0 Å². The highest BCUT2D eigenvalue weighted by Crippen LogP contribution is 2.32. The van der Waals surface area contributed by atoms with Gasteiger partial charge in [-0.3, -0.25) is 0 Å². The minimum absolute atomic E-state index is 0.536. The fraction of sp³-hybridized carbons (Fsp3) is 0.250. The smallest absolute Gasteiger partial charge is 0.141 e. The summed E-state index contributed by atoms with van der Waals surface area (Å²) in [6.45, 7) is 1.48. The number of hydrogen-bond acceptors (Lipinski definition) is 2. The molecule has 90 valence electrons. The molecule has 1 aromatic heterocycles. The Bertz CT molecular complexity index is 508. The van der Waals surface area contributed by atoms with Crippen molar-refractivity contribution in [2.75, 3.05) is 6.54 Å². The van der Waals surface area contributed by atoms with E-state index >= 15 is 0 Å². The molecule has 0 aliphatic carbocycles. The SMILES string of the molecule is NCCCn1ccnc1-c1cccc(Cl)c1Cl. The second kappa shape index (κ2) is 5.54. The normalized spacial score (nSPS) is 10.8. The van der Waals surface area contributed by atoms with Crippen LogP contribution in [0.1, 0.15) is 6.42 Å². The lowest BCUT2D eigenvalue weighted by Gasteiger charge is -2.09. The standard InChI is InChI=1S/C12H13Cl2N3/c13-10-4-1-3-9(11(10)14)12-16-6-8-17(12)7-2-5-15/h1,3-4,6,8H,2,5,7,15H2. The lowest BCUT2D eigenvalue weighted by molar-refractivity contribution is 0.656. The molecule has 17 heavy (non-hydrogen) atoms. The van der Waals surface area contributed by atoms with Gasteiger partial charge in [0.1, 0.15) is 5.82 Å². The van der Waals surface area contributed by atoms with Crippen LogP contribution in [0, 0.1) is 0 Å². The van der Waals surface area contributed by atoms with Crippen molar-refractivity contribution in [1.82, 2.24) is 9.55 Å². The molecule has 3 nitrogen and oxygen atoms in total. The van der Waals surface area contributed by atoms with Gasteiger partial charge in [0.2, 0.25) is 0 Å². The molecule has 1 aromatic carbocycles. The number of aromatic nitrogens is 2. The zero-order valence-corrected chi connectivity index (χ0v) is 10.7. The molecule has 0 fully saturated rings. The summed E-state index contributed by atoms with van der Waals surface area (Å²) in [5, 5.41) is 1.08. The third kappa shape index (κ3) is 2.63. The first-order valence-corrected chi connectivity index (χ1v) is 6.15. The van der Waals surface area contributed by atoms with Gasteiger partial charge in [-0.05, 0) is 25.1 Å². The van der Waals surface area contributed by atoms with Gasteiger partial charge in [-0.15, -0.1) is 0 Å². The molecule has 0 aliphatic heterocycles. The van der Waals surface area contributed by atoms with Crippen molar-refractivity contribution in [2.45, 2.75) is 13.0 Å². The molecule has 0 aliphatic rings. The minimum Gasteiger partial charge on any atom is -0.331 e. The predicted octanol–water partition coefficient (Wildman–Crippen LogP) is 3.21. The molecule has 2 N–H and O–H groups in total. The highest BCUT2D eigenvalue weighted by atomic mass is 35.5. The Hall–Kier alpha value is -1.03. The quantitative estimate of drug-likeness (QED) is 0.927. The molecule has 2 aromatic rings. The molecule has 0 radical (unpaired) electrons. The molecule has 0 atom stereocenters. The van der Waals surface area contributed by atoms with Gasteiger partial charge in [0.15, 0.2) is 0 Å². The largest absolute Gasteiger partial charge is 0.331 e. The van der Waals surface area contributed by atoms with Crippen molar-refractivity contribution in [3.63, 3.8) is 0 Å². The summed E-state index contributed by atoms with van der Waals surface area (Å²) >= 11 is 12.2. The number of halogens is 2. The topological polar surface area (TPSA) is 43.8 Å². The van der Waals surface area contributed by atoms with E-state index in [2.05, 4.69) is 4.98 Å². The van der Waals surface area contributed by atoms with Gasteiger partial charge in [-0.1, -0.05) is 29.3 Å². The Morgan fingerprint density at radius 3 is 2.88 bits per heavy atom. The van der Waals surface area contributed by atoms with Gasteiger partial charge < -0.3 is 10.3 Å². The molecule has 1 heterocycles. The van der Waals surface area contributed by atoms with Gasteiger partial charge >= 0.3 is 0 Å². The van der Waals surface area contributed by atoms with Gasteiger partial charge in [0, 0.05) is 24.5 Å². The summed E-state index contributed by atoms with van der Waals surface area (Å²) in [6.07, 6.45) is 4.58. The Kier molecular flexibility index (Phi) is 4.05. The van der Waals surface area contributed by atoms with Crippen LogP contribution in [-0.2, 0) is 6.54 Å². The zero-order valence-electron chi connectivity index (χ0n) is 9.24. The monoisotopic (exact) mass is 269 g/mol. The van der Waals surface area contributed by atoms with E-state index in [4.69, 9.17) is 28.9 Å². The van der Waals surface area contributed by atoms with E-state index in [1.807, 2.05) is 22.9 Å². The molecule has 0 saturated carbocycles. The average Bonchev–Trinajstić information content (AvgIpc) is 2.78. The van der Waals surface area contributed by atoms with Crippen LogP contribution in [0.5, 0.6) is 0 Å². The summed E-state index contributed by atoms with van der Waals surface area (Å²) in [5.74, 6) is 0.825. The number of hydrogen-bond donors (Lipinski definition) is 1. The average molecular weight is 270 g/mol. The maximum Gasteiger partial charge on any atom is 0.141 e. The maximum atomic E-state index is 6.18. The number of aryl methyl sites for hydroxylation is 1. The highest BCUT2D eigenvalue weighted by molar-refractivity contribution is 6.43. The third-order valence-corrected chi connectivity index (χ3v) is 3.33. The van der Waals surface area contributed by atoms with Crippen LogP contribution in [0.15, 0.2) is 30.6 Å². The fourth-order valence-electron chi connectivity index (χ4n) is 1.67. The summed E-state index contributed by atoms with van der Waals surface area (Å²) in [4.78, 5) is 4.32. The molecule has 0 spiro atoms. The van der Waals surface area contributed by atoms with Crippen molar-refractivity contribution < 1.29 is 0 Å². The number of rotatable bonds is 4. The van der Waals surface area contributed by atoms with Crippen molar-refractivity contribution in [3.8, 4) is 11.4 Å². The Morgan fingerprint density at radius 1 is 1.29 bits per heavy atom. The van der Waals surface area contributed by atoms with Crippen LogP contribution in [0.3, 0.4) is 0 Å². The first-order chi connectivity index (χ1) is 8.24. The fourth-order valence-corrected chi connectivity index (χ4v) is 2.06. The summed E-state index contributed by atoms with van der Waals surface area (Å²) in [5.41, 5.74) is 6.36. The Balaban J connectivity index is 2.39. The van der Waals surface area contributed by atoms with E-state index in [9.17, 15) is 0 Å². The van der Waals surface area contributed by atoms with E-state index < -0.39 is 0 Å². The maximum absolute atomic E-state index is 6.18. The molecule has 0 amide bonds. The predicted molar refractivity (Wildman–Crippen MR) is 71.4 cm³/mol. The minimum atomic E-state index is 0.536. The van der Waals surface area contributed by atoms with Gasteiger partial charge in [-0.25, -0.2) is 4.98 Å². The Morgan fingerprint density at radius 2 is 2.12 bits per heavy atom. The number of nitrogens with two attached hydrogens (primary N) is 1. The van der Waals surface area contributed by atoms with E-state index in [0.717, 1.165) is 24.4 Å². The summed E-state index contributed by atoms with van der Waals surface area (Å²) in [6, 6.07) is 5.54. The molecule has 0 unspecified atom stereocenters. The summed E-state index contributed by atoms with van der Waals surface area (Å²) in [7, 11) is 0. The second-order valence-corrected chi connectivity index (χ2v) is 4.47. The second-order valence-electron chi connectivity index (χ2n) is 3.69. The van der Waals surface area contributed by atoms with E-state index in [1.165, 1.54) is 0 Å². The van der Waals surface area contributed by atoms with E-state index in [-0.39, 0.29) is 0 Å². The summed E-state index contributed by atoms with van der Waals surface area (Å²) < 4.78 is 2.03. The molecular formula is C12H13Cl2N3. The van der Waals surface area contributed by atoms with Crippen molar-refractivity contribution in [2.24, 2.45) is 5.73 Å². The van der Waals surface area contributed by atoms with Crippen LogP contribution in [-0.4, -0.2) is 16.1 Å². The van der Waals surface area contributed by atoms with Crippen LogP contribution < -0.4 is 5.73 Å². The molecule has 0 bridgehead atoms. The first kappa shape index (κ1) is 12.4. The van der Waals surface area contributed by atoms with Gasteiger partial charge in [0.05, 0.1) is 10.0 Å². The zero-order chi connectivity index (χ0) is 12.3. The van der Waals surface area contributed by atoms with Crippen LogP contribution >= 0.6 is 23.2 Å². The van der Waals surface area contributed by atoms with Crippen LogP contribution in [0.2, 0.25) is 10.0 Å². The number of nitrogens with zero attached hydrogens (tertiary/aromatic N) is 2. The van der Waals surface area contributed by atoms with Crippen molar-refractivity contribution in [3.05, 3.63) is 40.6 Å². The van der Waals surface area contributed by atoms with E-state index in [1.54, 1.807) is 12.3 Å². The lowest BCUT2D eigenvalue weighted by Crippen LogP contribution is -2.06. The highest BCUT2D eigenvalue weighted by Gasteiger charge is 2.11. The number of imidazole rings is 1.